The summed E-state index contributed by atoms with van der Waals surface area (Å²) in [7, 11) is 0. The third-order valence-electron chi connectivity index (χ3n) is 2.58. The van der Waals surface area contributed by atoms with Crippen molar-refractivity contribution in [2.24, 2.45) is 5.92 Å². The van der Waals surface area contributed by atoms with Crippen LogP contribution in [0.15, 0.2) is 24.3 Å². The predicted octanol–water partition coefficient (Wildman–Crippen LogP) is 3.81. The summed E-state index contributed by atoms with van der Waals surface area (Å²) in [6.45, 7) is 7.94. The Bertz CT molecular complexity index is 315. The minimum Gasteiger partial charge on any atom is -0.383 e. The van der Waals surface area contributed by atoms with E-state index in [0.29, 0.717) is 18.6 Å². The Morgan fingerprint density at radius 1 is 1.31 bits per heavy atom. The molecule has 1 unspecified atom stereocenters. The topological polar surface area (TPSA) is 21.3 Å². The molecule has 1 atom stereocenters. The number of ether oxygens (including phenoxy) is 1. The maximum atomic E-state index is 5.88. The van der Waals surface area contributed by atoms with Crippen molar-refractivity contribution in [3.05, 3.63) is 29.3 Å². The van der Waals surface area contributed by atoms with Gasteiger partial charge in [0, 0.05) is 17.3 Å². The van der Waals surface area contributed by atoms with Gasteiger partial charge in [0.1, 0.15) is 0 Å². The Balaban J connectivity index is 2.21. The van der Waals surface area contributed by atoms with Crippen molar-refractivity contribution >= 4 is 17.3 Å². The average Bonchev–Trinajstić information content (AvgIpc) is 2.24. The second-order valence-corrected chi connectivity index (χ2v) is 4.69. The summed E-state index contributed by atoms with van der Waals surface area (Å²) in [5.74, 6) is 0.561. The van der Waals surface area contributed by atoms with Crippen molar-refractivity contribution in [2.75, 3.05) is 18.5 Å². The molecule has 0 aliphatic carbocycles. The number of halogens is 1. The van der Waals surface area contributed by atoms with Crippen LogP contribution in [0.3, 0.4) is 0 Å². The van der Waals surface area contributed by atoms with Crippen LogP contribution in [-0.2, 0) is 4.74 Å². The zero-order valence-corrected chi connectivity index (χ0v) is 10.9. The van der Waals surface area contributed by atoms with Crippen LogP contribution in [0.25, 0.3) is 0 Å². The van der Waals surface area contributed by atoms with E-state index in [1.807, 2.05) is 24.3 Å². The Kier molecular flexibility index (Phi) is 5.64. The number of hydrogen-bond acceptors (Lipinski definition) is 2. The van der Waals surface area contributed by atoms with Crippen molar-refractivity contribution < 1.29 is 4.74 Å². The molecule has 0 saturated heterocycles. The third kappa shape index (κ3) is 4.86. The lowest BCUT2D eigenvalue weighted by Gasteiger charge is -2.16. The molecule has 0 spiro atoms. The molecule has 1 aromatic carbocycles. The Morgan fingerprint density at radius 3 is 2.69 bits per heavy atom. The number of benzene rings is 1. The first-order valence-electron chi connectivity index (χ1n) is 5.70. The molecule has 90 valence electrons. The zero-order valence-electron chi connectivity index (χ0n) is 10.2. The fourth-order valence-electron chi connectivity index (χ4n) is 1.23. The molecule has 3 heteroatoms. The van der Waals surface area contributed by atoms with Crippen LogP contribution in [-0.4, -0.2) is 19.3 Å². The van der Waals surface area contributed by atoms with E-state index in [2.05, 4.69) is 26.1 Å². The van der Waals surface area contributed by atoms with E-state index >= 15 is 0 Å². The SMILES string of the molecule is CC(C)C(C)OCCNc1cccc(Cl)c1. The van der Waals surface area contributed by atoms with Crippen LogP contribution in [0.5, 0.6) is 0 Å². The van der Waals surface area contributed by atoms with E-state index in [1.165, 1.54) is 0 Å². The van der Waals surface area contributed by atoms with Crippen molar-refractivity contribution in [3.63, 3.8) is 0 Å². The molecule has 0 radical (unpaired) electrons. The minimum atomic E-state index is 0.307. The van der Waals surface area contributed by atoms with Crippen molar-refractivity contribution in [3.8, 4) is 0 Å². The molecular weight excluding hydrogens is 222 g/mol. The highest BCUT2D eigenvalue weighted by atomic mass is 35.5. The molecule has 0 saturated carbocycles. The second-order valence-electron chi connectivity index (χ2n) is 4.26. The van der Waals surface area contributed by atoms with Gasteiger partial charge in [-0.25, -0.2) is 0 Å². The molecule has 0 heterocycles. The van der Waals surface area contributed by atoms with Gasteiger partial charge in [-0.3, -0.25) is 0 Å². The van der Waals surface area contributed by atoms with Crippen LogP contribution < -0.4 is 5.32 Å². The van der Waals surface area contributed by atoms with E-state index < -0.39 is 0 Å². The van der Waals surface area contributed by atoms with Crippen molar-refractivity contribution in [1.82, 2.24) is 0 Å². The highest BCUT2D eigenvalue weighted by Crippen LogP contribution is 2.14. The highest BCUT2D eigenvalue weighted by Gasteiger charge is 2.05. The first-order valence-corrected chi connectivity index (χ1v) is 6.08. The average molecular weight is 242 g/mol. The quantitative estimate of drug-likeness (QED) is 0.765. The molecule has 1 N–H and O–H groups in total. The van der Waals surface area contributed by atoms with Crippen LogP contribution in [0, 0.1) is 5.92 Å². The largest absolute Gasteiger partial charge is 0.383 e. The third-order valence-corrected chi connectivity index (χ3v) is 2.81. The maximum absolute atomic E-state index is 5.88. The fourth-order valence-corrected chi connectivity index (χ4v) is 1.42. The summed E-state index contributed by atoms with van der Waals surface area (Å²) >= 11 is 5.88. The smallest absolute Gasteiger partial charge is 0.0642 e. The predicted molar refractivity (Wildman–Crippen MR) is 70.2 cm³/mol. The van der Waals surface area contributed by atoms with Gasteiger partial charge in [-0.2, -0.15) is 0 Å². The van der Waals surface area contributed by atoms with Crippen molar-refractivity contribution in [1.29, 1.82) is 0 Å². The Morgan fingerprint density at radius 2 is 2.06 bits per heavy atom. The lowest BCUT2D eigenvalue weighted by Crippen LogP contribution is -2.19. The van der Waals surface area contributed by atoms with Crippen LogP contribution in [0.2, 0.25) is 5.02 Å². The van der Waals surface area contributed by atoms with Crippen LogP contribution >= 0.6 is 11.6 Å². The van der Waals surface area contributed by atoms with E-state index in [9.17, 15) is 0 Å². The van der Waals surface area contributed by atoms with Gasteiger partial charge in [-0.15, -0.1) is 0 Å². The van der Waals surface area contributed by atoms with Gasteiger partial charge in [0.2, 0.25) is 0 Å². The summed E-state index contributed by atoms with van der Waals surface area (Å²) in [4.78, 5) is 0. The Labute approximate surface area is 103 Å². The molecule has 0 fully saturated rings. The molecule has 1 aromatic rings. The molecule has 0 aliphatic rings. The summed E-state index contributed by atoms with van der Waals surface area (Å²) in [5.41, 5.74) is 1.04. The van der Waals surface area contributed by atoms with E-state index in [0.717, 1.165) is 17.3 Å². The lowest BCUT2D eigenvalue weighted by molar-refractivity contribution is 0.0421. The summed E-state index contributed by atoms with van der Waals surface area (Å²) < 4.78 is 5.66. The van der Waals surface area contributed by atoms with Gasteiger partial charge >= 0.3 is 0 Å². The van der Waals surface area contributed by atoms with Crippen LogP contribution in [0.1, 0.15) is 20.8 Å². The highest BCUT2D eigenvalue weighted by molar-refractivity contribution is 6.30. The second kappa shape index (κ2) is 6.77. The van der Waals surface area contributed by atoms with Crippen molar-refractivity contribution in [2.45, 2.75) is 26.9 Å². The van der Waals surface area contributed by atoms with E-state index in [1.54, 1.807) is 0 Å². The normalized spacial score (nSPS) is 12.8. The van der Waals surface area contributed by atoms with Gasteiger partial charge < -0.3 is 10.1 Å². The first-order chi connectivity index (χ1) is 7.59. The number of nitrogens with one attached hydrogen (secondary N) is 1. The van der Waals surface area contributed by atoms with E-state index in [-0.39, 0.29) is 0 Å². The van der Waals surface area contributed by atoms with Gasteiger partial charge in [0.05, 0.1) is 12.7 Å². The van der Waals surface area contributed by atoms with Crippen LogP contribution in [0.4, 0.5) is 5.69 Å². The maximum Gasteiger partial charge on any atom is 0.0642 e. The molecule has 1 rings (SSSR count). The number of anilines is 1. The molecule has 0 aromatic heterocycles. The van der Waals surface area contributed by atoms with E-state index in [4.69, 9.17) is 16.3 Å². The molecule has 0 amide bonds. The van der Waals surface area contributed by atoms with Gasteiger partial charge in [0.15, 0.2) is 0 Å². The Hall–Kier alpha value is -0.730. The summed E-state index contributed by atoms with van der Waals surface area (Å²) in [6, 6.07) is 7.71. The number of hydrogen-bond donors (Lipinski definition) is 1. The fraction of sp³-hybridized carbons (Fsp3) is 0.538. The molecular formula is C13H20ClNO. The minimum absolute atomic E-state index is 0.307. The monoisotopic (exact) mass is 241 g/mol. The standard InChI is InChI=1S/C13H20ClNO/c1-10(2)11(3)16-8-7-15-13-6-4-5-12(14)9-13/h4-6,9-11,15H,7-8H2,1-3H3. The molecule has 2 nitrogen and oxygen atoms in total. The molecule has 0 aliphatic heterocycles. The number of rotatable bonds is 6. The first kappa shape index (κ1) is 13.3. The lowest BCUT2D eigenvalue weighted by atomic mass is 10.1. The molecule has 16 heavy (non-hydrogen) atoms. The van der Waals surface area contributed by atoms with Gasteiger partial charge in [-0.05, 0) is 31.0 Å². The molecule has 0 bridgehead atoms. The summed E-state index contributed by atoms with van der Waals surface area (Å²) in [6.07, 6.45) is 0.307. The van der Waals surface area contributed by atoms with Gasteiger partial charge in [-0.1, -0.05) is 31.5 Å². The van der Waals surface area contributed by atoms with Gasteiger partial charge in [0.25, 0.3) is 0 Å². The summed E-state index contributed by atoms with van der Waals surface area (Å²) in [5, 5.41) is 4.02. The zero-order chi connectivity index (χ0) is 12.0.